The van der Waals surface area contributed by atoms with Gasteiger partial charge in [0.15, 0.2) is 0 Å². The van der Waals surface area contributed by atoms with Crippen molar-refractivity contribution in [3.63, 3.8) is 0 Å². The van der Waals surface area contributed by atoms with Crippen LogP contribution in [-0.2, 0) is 68.2 Å². The minimum atomic E-state index is -0.498. The lowest BCUT2D eigenvalue weighted by atomic mass is 10.2. The van der Waals surface area contributed by atoms with Gasteiger partial charge in [-0.1, -0.05) is 10.3 Å². The van der Waals surface area contributed by atoms with E-state index in [1.165, 1.54) is 0 Å². The van der Waals surface area contributed by atoms with E-state index in [2.05, 4.69) is 31.6 Å². The predicted octanol–water partition coefficient (Wildman–Crippen LogP) is 5.41. The summed E-state index contributed by atoms with van der Waals surface area (Å²) in [6.07, 6.45) is 6.44. The fraction of sp³-hybridized carbons (Fsp3) is 0.854. The molecule has 0 fully saturated rings. The number of amides is 1. The number of nitrogens with one attached hydrogen (secondary N) is 1. The standard InChI is InChI=1S/C21H39N3O7.C13H26N4O5.C7H12O2/c1-6-29-20(30-7-2)18-17-24(23-22-18)10-12-27-14-16-28-15-13-26-11-8-9-19(25)31-21(3,4)5;1-13(2,3)22-12(18)15-4-6-19-8-10-21-11-9-20-7-5-16-17-14;1-4-7(8-5-2)9-6-3/h17,20H,6-16H2,1-5H3;4-11H2,1-3H3,(H,15,18);1,7H,5-6H2,2-3H3. The monoisotopic (exact) mass is 892 g/mol. The van der Waals surface area contributed by atoms with Crippen LogP contribution in [0.25, 0.3) is 10.4 Å². The van der Waals surface area contributed by atoms with Crippen LogP contribution in [-0.4, -0.2) is 163 Å². The normalized spacial score (nSPS) is 11.2. The number of nitrogens with zero attached hydrogens (tertiary/aromatic N) is 6. The highest BCUT2D eigenvalue weighted by Crippen LogP contribution is 2.15. The molecule has 1 aromatic heterocycles. The molecular formula is C41H77N7O14. The third-order valence-electron chi connectivity index (χ3n) is 6.56. The average Bonchev–Trinajstić information content (AvgIpc) is 3.68. The molecule has 0 radical (unpaired) electrons. The first-order valence-corrected chi connectivity index (χ1v) is 21.1. The Hall–Kier alpha value is -3.65. The van der Waals surface area contributed by atoms with E-state index in [4.69, 9.17) is 68.8 Å². The molecule has 62 heavy (non-hydrogen) atoms. The van der Waals surface area contributed by atoms with Crippen LogP contribution in [0.3, 0.4) is 0 Å². The van der Waals surface area contributed by atoms with Crippen LogP contribution in [0.4, 0.5) is 4.79 Å². The van der Waals surface area contributed by atoms with E-state index in [0.29, 0.717) is 144 Å². The molecule has 21 nitrogen and oxygen atoms in total. The van der Waals surface area contributed by atoms with Gasteiger partial charge in [-0.3, -0.25) is 4.79 Å². The number of hydrogen-bond donors (Lipinski definition) is 1. The lowest BCUT2D eigenvalue weighted by molar-refractivity contribution is -0.155. The van der Waals surface area contributed by atoms with Crippen molar-refractivity contribution < 1.29 is 66.4 Å². The summed E-state index contributed by atoms with van der Waals surface area (Å²) >= 11 is 0. The van der Waals surface area contributed by atoms with Crippen molar-refractivity contribution in [3.05, 3.63) is 22.3 Å². The van der Waals surface area contributed by atoms with Gasteiger partial charge < -0.3 is 62.2 Å². The minimum Gasteiger partial charge on any atom is -0.460 e. The lowest BCUT2D eigenvalue weighted by Crippen LogP contribution is -2.34. The van der Waals surface area contributed by atoms with Crippen LogP contribution in [0.5, 0.6) is 0 Å². The summed E-state index contributed by atoms with van der Waals surface area (Å²) in [5.74, 6) is 2.16. The highest BCUT2D eigenvalue weighted by Gasteiger charge is 2.17. The van der Waals surface area contributed by atoms with Crippen LogP contribution in [0.1, 0.15) is 94.1 Å². The topological polar surface area (TPSA) is 236 Å². The molecule has 0 saturated heterocycles. The Morgan fingerprint density at radius 1 is 0.742 bits per heavy atom. The number of aromatic nitrogens is 3. The lowest BCUT2D eigenvalue weighted by Gasteiger charge is -2.19. The summed E-state index contributed by atoms with van der Waals surface area (Å²) in [4.78, 5) is 25.5. The molecule has 0 aromatic carbocycles. The highest BCUT2D eigenvalue weighted by atomic mass is 16.7. The van der Waals surface area contributed by atoms with Gasteiger partial charge in [0.25, 0.3) is 0 Å². The minimum absolute atomic E-state index is 0.199. The summed E-state index contributed by atoms with van der Waals surface area (Å²) in [5, 5.41) is 14.1. The first kappa shape index (κ1) is 60.4. The van der Waals surface area contributed by atoms with E-state index in [9.17, 15) is 9.59 Å². The van der Waals surface area contributed by atoms with Gasteiger partial charge in [-0.05, 0) is 87.1 Å². The molecule has 0 aliphatic rings. The number of ether oxygens (including phenoxy) is 12. The highest BCUT2D eigenvalue weighted by molar-refractivity contribution is 5.69. The molecular weight excluding hydrogens is 814 g/mol. The van der Waals surface area contributed by atoms with Gasteiger partial charge in [0.1, 0.15) is 16.9 Å². The number of azide groups is 1. The molecule has 0 aliphatic carbocycles. The van der Waals surface area contributed by atoms with Crippen molar-refractivity contribution in [3.8, 4) is 12.3 Å². The van der Waals surface area contributed by atoms with Crippen LogP contribution < -0.4 is 5.32 Å². The number of terminal acetylenes is 1. The fourth-order valence-corrected chi connectivity index (χ4v) is 4.14. The van der Waals surface area contributed by atoms with Crippen molar-refractivity contribution in [1.29, 1.82) is 0 Å². The number of esters is 1. The average molecular weight is 892 g/mol. The Morgan fingerprint density at radius 3 is 1.71 bits per heavy atom. The van der Waals surface area contributed by atoms with Crippen molar-refractivity contribution in [2.75, 3.05) is 119 Å². The molecule has 1 aromatic rings. The van der Waals surface area contributed by atoms with E-state index in [1.54, 1.807) is 31.6 Å². The van der Waals surface area contributed by atoms with Gasteiger partial charge in [-0.15, -0.1) is 11.5 Å². The summed E-state index contributed by atoms with van der Waals surface area (Å²) in [6.45, 7) is 27.6. The van der Waals surface area contributed by atoms with Gasteiger partial charge >= 0.3 is 12.1 Å². The maximum Gasteiger partial charge on any atom is 0.407 e. The van der Waals surface area contributed by atoms with E-state index in [0.717, 1.165) is 0 Å². The number of rotatable bonds is 34. The molecule has 1 rings (SSSR count). The Balaban J connectivity index is 0. The Labute approximate surface area is 369 Å². The molecule has 0 aliphatic heterocycles. The Kier molecular flexibility index (Phi) is 40.3. The second kappa shape index (κ2) is 41.4. The summed E-state index contributed by atoms with van der Waals surface area (Å²) in [5.41, 5.74) is 7.75. The van der Waals surface area contributed by atoms with Gasteiger partial charge in [0, 0.05) is 57.5 Å². The van der Waals surface area contributed by atoms with E-state index in [-0.39, 0.29) is 5.97 Å². The molecule has 0 unspecified atom stereocenters. The maximum atomic E-state index is 11.6. The molecule has 0 spiro atoms. The molecule has 21 heteroatoms. The maximum absolute atomic E-state index is 11.6. The van der Waals surface area contributed by atoms with Gasteiger partial charge in [0.05, 0.1) is 85.4 Å². The Bertz CT molecular complexity index is 1290. The second-order valence-corrected chi connectivity index (χ2v) is 14.3. The largest absolute Gasteiger partial charge is 0.460 e. The number of carbonyl (C=O) groups excluding carboxylic acids is 2. The van der Waals surface area contributed by atoms with Crippen molar-refractivity contribution in [2.24, 2.45) is 5.11 Å². The number of hydrogen-bond acceptors (Lipinski definition) is 17. The fourth-order valence-electron chi connectivity index (χ4n) is 4.14. The molecule has 1 N–H and O–H groups in total. The summed E-state index contributed by atoms with van der Waals surface area (Å²) in [6, 6.07) is 0. The van der Waals surface area contributed by atoms with Crippen molar-refractivity contribution in [1.82, 2.24) is 20.3 Å². The van der Waals surface area contributed by atoms with Crippen LogP contribution >= 0.6 is 0 Å². The molecule has 0 bridgehead atoms. The number of alkyl carbamates (subject to hydrolysis) is 1. The molecule has 0 atom stereocenters. The van der Waals surface area contributed by atoms with E-state index < -0.39 is 29.9 Å². The second-order valence-electron chi connectivity index (χ2n) is 14.3. The van der Waals surface area contributed by atoms with Crippen molar-refractivity contribution >= 4 is 12.1 Å². The smallest absolute Gasteiger partial charge is 0.407 e. The third kappa shape index (κ3) is 43.0. The predicted molar refractivity (Wildman–Crippen MR) is 230 cm³/mol. The van der Waals surface area contributed by atoms with E-state index in [1.807, 2.05) is 48.5 Å². The summed E-state index contributed by atoms with van der Waals surface area (Å²) < 4.78 is 65.1. The Morgan fingerprint density at radius 2 is 1.23 bits per heavy atom. The van der Waals surface area contributed by atoms with Crippen LogP contribution in [0.2, 0.25) is 0 Å². The first-order chi connectivity index (χ1) is 29.7. The third-order valence-corrected chi connectivity index (χ3v) is 6.56. The molecule has 0 saturated carbocycles. The SMILES string of the molecule is C#CC(OCC)OCC.CC(C)(C)OC(=O)NCCOCCOCCOCCN=[N+]=[N-].CCOC(OCC)c1cn(CCOCCOCCOCCCC(=O)OC(C)(C)C)nn1. The van der Waals surface area contributed by atoms with Crippen molar-refractivity contribution in [2.45, 2.75) is 112 Å². The van der Waals surface area contributed by atoms with Crippen LogP contribution in [0, 0.1) is 12.3 Å². The zero-order valence-electron chi connectivity index (χ0n) is 39.1. The van der Waals surface area contributed by atoms with Gasteiger partial charge in [-0.2, -0.15) is 0 Å². The molecule has 1 heterocycles. The van der Waals surface area contributed by atoms with Gasteiger partial charge in [-0.25, -0.2) is 9.48 Å². The zero-order chi connectivity index (χ0) is 46.7. The quantitative estimate of drug-likeness (QED) is 0.0173. The molecule has 1 amide bonds. The van der Waals surface area contributed by atoms with Crippen LogP contribution in [0.15, 0.2) is 11.3 Å². The molecule has 360 valence electrons. The zero-order valence-corrected chi connectivity index (χ0v) is 39.1. The summed E-state index contributed by atoms with van der Waals surface area (Å²) in [7, 11) is 0. The van der Waals surface area contributed by atoms with Gasteiger partial charge in [0.2, 0.25) is 12.6 Å². The van der Waals surface area contributed by atoms with E-state index >= 15 is 0 Å². The number of carbonyl (C=O) groups is 2. The first-order valence-electron chi connectivity index (χ1n) is 21.1.